The molecule has 1 aliphatic heterocycles. The maximum atomic E-state index is 12.2. The minimum atomic E-state index is -0.122. The van der Waals surface area contributed by atoms with E-state index in [9.17, 15) is 4.79 Å². The van der Waals surface area contributed by atoms with Crippen molar-refractivity contribution in [2.75, 3.05) is 25.7 Å². The highest BCUT2D eigenvalue weighted by molar-refractivity contribution is 6.03. The summed E-state index contributed by atoms with van der Waals surface area (Å²) in [5.41, 5.74) is 0.787. The molecule has 0 aromatic heterocycles. The predicted molar refractivity (Wildman–Crippen MR) is 69.7 cm³/mol. The molecule has 2 rings (SSSR count). The number of carbonyl (C=O) groups excluding carboxylic acids is 1. The number of allylic oxidation sites excluding steroid dienone is 1. The van der Waals surface area contributed by atoms with Crippen molar-refractivity contribution in [1.82, 2.24) is 0 Å². The molecular formula is C14H17NO3. The number of amides is 1. The molecule has 0 aliphatic carbocycles. The van der Waals surface area contributed by atoms with Gasteiger partial charge in [-0.05, 0) is 31.1 Å². The fourth-order valence-corrected chi connectivity index (χ4v) is 1.81. The Morgan fingerprint density at radius 2 is 2.28 bits per heavy atom. The van der Waals surface area contributed by atoms with E-state index in [-0.39, 0.29) is 5.91 Å². The number of anilines is 1. The van der Waals surface area contributed by atoms with Crippen LogP contribution in [0, 0.1) is 0 Å². The van der Waals surface area contributed by atoms with Gasteiger partial charge in [-0.15, -0.1) is 0 Å². The number of rotatable bonds is 3. The van der Waals surface area contributed by atoms with Crippen LogP contribution >= 0.6 is 0 Å². The van der Waals surface area contributed by atoms with Gasteiger partial charge < -0.3 is 14.4 Å². The van der Waals surface area contributed by atoms with E-state index >= 15 is 0 Å². The molecule has 1 aliphatic rings. The van der Waals surface area contributed by atoms with E-state index in [4.69, 9.17) is 9.47 Å². The van der Waals surface area contributed by atoms with Crippen molar-refractivity contribution in [3.8, 4) is 5.75 Å². The Bertz CT molecular complexity index is 468. The number of likely N-dealkylation sites (N-methyl/N-ethyl adjacent to an activating group) is 1. The van der Waals surface area contributed by atoms with Gasteiger partial charge in [0.05, 0.1) is 13.7 Å². The fraction of sp³-hybridized carbons (Fsp3) is 0.357. The van der Waals surface area contributed by atoms with Gasteiger partial charge in [0.25, 0.3) is 5.91 Å². The fourth-order valence-electron chi connectivity index (χ4n) is 1.81. The Labute approximate surface area is 107 Å². The molecule has 0 atom stereocenters. The molecule has 1 aromatic carbocycles. The summed E-state index contributed by atoms with van der Waals surface area (Å²) in [7, 11) is 3.34. The van der Waals surface area contributed by atoms with Gasteiger partial charge in [0.1, 0.15) is 5.75 Å². The second-order valence-electron chi connectivity index (χ2n) is 4.12. The van der Waals surface area contributed by atoms with Gasteiger partial charge in [-0.2, -0.15) is 0 Å². The van der Waals surface area contributed by atoms with Gasteiger partial charge in [0.2, 0.25) is 0 Å². The maximum Gasteiger partial charge on any atom is 0.292 e. The first kappa shape index (κ1) is 12.5. The second-order valence-corrected chi connectivity index (χ2v) is 4.12. The topological polar surface area (TPSA) is 38.8 Å². The van der Waals surface area contributed by atoms with Crippen LogP contribution in [0.25, 0.3) is 0 Å². The van der Waals surface area contributed by atoms with Crippen molar-refractivity contribution in [1.29, 1.82) is 0 Å². The smallest absolute Gasteiger partial charge is 0.292 e. The largest absolute Gasteiger partial charge is 0.497 e. The highest BCUT2D eigenvalue weighted by atomic mass is 16.5. The van der Waals surface area contributed by atoms with E-state index in [1.807, 2.05) is 30.3 Å². The van der Waals surface area contributed by atoms with Crippen LogP contribution in [0.1, 0.15) is 12.8 Å². The molecule has 0 saturated heterocycles. The number of hydrogen-bond donors (Lipinski definition) is 0. The normalized spacial score (nSPS) is 14.4. The standard InChI is InChI=1S/C14H17NO3/c1-15(11-6-5-7-12(10-11)17-2)14(16)13-8-3-4-9-18-13/h5-8,10H,3-4,9H2,1-2H3. The lowest BCUT2D eigenvalue weighted by atomic mass is 10.2. The van der Waals surface area contributed by atoms with Crippen LogP contribution in [0.15, 0.2) is 36.1 Å². The molecular weight excluding hydrogens is 230 g/mol. The number of ether oxygens (including phenoxy) is 2. The molecule has 18 heavy (non-hydrogen) atoms. The van der Waals surface area contributed by atoms with E-state index in [1.165, 1.54) is 0 Å². The SMILES string of the molecule is COc1cccc(N(C)C(=O)C2=CCCCO2)c1. The highest BCUT2D eigenvalue weighted by Gasteiger charge is 2.19. The molecule has 0 fully saturated rings. The van der Waals surface area contributed by atoms with Gasteiger partial charge in [-0.1, -0.05) is 6.07 Å². The van der Waals surface area contributed by atoms with Crippen molar-refractivity contribution in [2.24, 2.45) is 0 Å². The molecule has 1 amide bonds. The Balaban J connectivity index is 2.16. The zero-order valence-corrected chi connectivity index (χ0v) is 10.7. The summed E-state index contributed by atoms with van der Waals surface area (Å²) >= 11 is 0. The van der Waals surface area contributed by atoms with Gasteiger partial charge >= 0.3 is 0 Å². The number of nitrogens with zero attached hydrogens (tertiary/aromatic N) is 1. The number of methoxy groups -OCH3 is 1. The summed E-state index contributed by atoms with van der Waals surface area (Å²) in [5, 5.41) is 0. The van der Waals surface area contributed by atoms with Crippen LogP contribution in [-0.2, 0) is 9.53 Å². The summed E-state index contributed by atoms with van der Waals surface area (Å²) in [6, 6.07) is 7.39. The Morgan fingerprint density at radius 1 is 1.44 bits per heavy atom. The number of carbonyl (C=O) groups is 1. The van der Waals surface area contributed by atoms with Gasteiger partial charge in [-0.3, -0.25) is 4.79 Å². The quantitative estimate of drug-likeness (QED) is 0.823. The zero-order chi connectivity index (χ0) is 13.0. The molecule has 1 heterocycles. The molecule has 0 radical (unpaired) electrons. The molecule has 0 saturated carbocycles. The van der Waals surface area contributed by atoms with Crippen molar-refractivity contribution in [2.45, 2.75) is 12.8 Å². The highest BCUT2D eigenvalue weighted by Crippen LogP contribution is 2.22. The Morgan fingerprint density at radius 3 is 2.94 bits per heavy atom. The second kappa shape index (κ2) is 5.58. The number of benzene rings is 1. The summed E-state index contributed by atoms with van der Waals surface area (Å²) in [6.07, 6.45) is 3.72. The molecule has 0 spiro atoms. The predicted octanol–water partition coefficient (Wildman–Crippen LogP) is 2.35. The Hall–Kier alpha value is -1.97. The molecule has 0 bridgehead atoms. The minimum Gasteiger partial charge on any atom is -0.497 e. The third-order valence-corrected chi connectivity index (χ3v) is 2.89. The van der Waals surface area contributed by atoms with Crippen molar-refractivity contribution < 1.29 is 14.3 Å². The molecule has 96 valence electrons. The first-order valence-electron chi connectivity index (χ1n) is 5.97. The summed E-state index contributed by atoms with van der Waals surface area (Å²) < 4.78 is 10.5. The van der Waals surface area contributed by atoms with E-state index < -0.39 is 0 Å². The molecule has 4 nitrogen and oxygen atoms in total. The molecule has 0 N–H and O–H groups in total. The lowest BCUT2D eigenvalue weighted by molar-refractivity contribution is -0.118. The summed E-state index contributed by atoms with van der Waals surface area (Å²) in [5.74, 6) is 1.04. The molecule has 1 aromatic rings. The first-order valence-corrected chi connectivity index (χ1v) is 5.97. The lowest BCUT2D eigenvalue weighted by Crippen LogP contribution is -2.29. The third kappa shape index (κ3) is 2.64. The van der Waals surface area contributed by atoms with E-state index in [1.54, 1.807) is 19.1 Å². The van der Waals surface area contributed by atoms with Crippen molar-refractivity contribution in [3.05, 3.63) is 36.1 Å². The average Bonchev–Trinajstić information content (AvgIpc) is 2.46. The number of hydrogen-bond acceptors (Lipinski definition) is 3. The van der Waals surface area contributed by atoms with Crippen molar-refractivity contribution in [3.63, 3.8) is 0 Å². The van der Waals surface area contributed by atoms with Gasteiger partial charge in [0.15, 0.2) is 5.76 Å². The Kier molecular flexibility index (Phi) is 3.87. The zero-order valence-electron chi connectivity index (χ0n) is 10.7. The van der Waals surface area contributed by atoms with Gasteiger partial charge in [0, 0.05) is 18.8 Å². The summed E-state index contributed by atoms with van der Waals surface area (Å²) in [4.78, 5) is 13.8. The van der Waals surface area contributed by atoms with Crippen LogP contribution in [0.4, 0.5) is 5.69 Å². The first-order chi connectivity index (χ1) is 8.72. The summed E-state index contributed by atoms with van der Waals surface area (Å²) in [6.45, 7) is 0.615. The van der Waals surface area contributed by atoms with Crippen LogP contribution in [0.3, 0.4) is 0 Å². The monoisotopic (exact) mass is 247 g/mol. The molecule has 4 heteroatoms. The van der Waals surface area contributed by atoms with Crippen LogP contribution in [-0.4, -0.2) is 26.7 Å². The van der Waals surface area contributed by atoms with Gasteiger partial charge in [-0.25, -0.2) is 0 Å². The third-order valence-electron chi connectivity index (χ3n) is 2.89. The minimum absolute atomic E-state index is 0.122. The average molecular weight is 247 g/mol. The maximum absolute atomic E-state index is 12.2. The van der Waals surface area contributed by atoms with E-state index in [0.717, 1.165) is 24.3 Å². The van der Waals surface area contributed by atoms with E-state index in [0.29, 0.717) is 12.4 Å². The van der Waals surface area contributed by atoms with Crippen molar-refractivity contribution >= 4 is 11.6 Å². The van der Waals surface area contributed by atoms with Crippen LogP contribution < -0.4 is 9.64 Å². The lowest BCUT2D eigenvalue weighted by Gasteiger charge is -2.21. The molecule has 0 unspecified atom stereocenters. The van der Waals surface area contributed by atoms with Crippen LogP contribution in [0.2, 0.25) is 0 Å². The van der Waals surface area contributed by atoms with Crippen LogP contribution in [0.5, 0.6) is 5.75 Å². The van der Waals surface area contributed by atoms with E-state index in [2.05, 4.69) is 0 Å².